The van der Waals surface area contributed by atoms with Gasteiger partial charge in [0.05, 0.1) is 10.9 Å². The lowest BCUT2D eigenvalue weighted by Crippen LogP contribution is -2.63. The number of hydrogen-bond acceptors (Lipinski definition) is 4. The molecule has 0 aromatic heterocycles. The molecule has 6 heteroatoms. The summed E-state index contributed by atoms with van der Waals surface area (Å²) in [7, 11) is 0. The van der Waals surface area contributed by atoms with Crippen molar-refractivity contribution in [2.24, 2.45) is 0 Å². The highest BCUT2D eigenvalue weighted by Gasteiger charge is 2.41. The van der Waals surface area contributed by atoms with E-state index in [1.54, 1.807) is 0 Å². The quantitative estimate of drug-likeness (QED) is 0.719. The van der Waals surface area contributed by atoms with Crippen LogP contribution < -0.4 is 10.6 Å². The van der Waals surface area contributed by atoms with Crippen LogP contribution in [-0.4, -0.2) is 45.6 Å². The number of piperidine rings is 1. The second-order valence-corrected chi connectivity index (χ2v) is 10.9. The van der Waals surface area contributed by atoms with Gasteiger partial charge in [-0.05, 0) is 59.1 Å². The third-order valence-electron chi connectivity index (χ3n) is 5.75. The van der Waals surface area contributed by atoms with Crippen LogP contribution in [0.25, 0.3) is 0 Å². The van der Waals surface area contributed by atoms with Crippen LogP contribution in [0.15, 0.2) is 29.2 Å². The minimum atomic E-state index is -0.371. The Labute approximate surface area is 179 Å². The lowest BCUT2D eigenvalue weighted by Gasteiger charge is -2.50. The summed E-state index contributed by atoms with van der Waals surface area (Å²) in [5, 5.41) is 6.30. The van der Waals surface area contributed by atoms with E-state index in [0.717, 1.165) is 42.8 Å². The molecule has 0 saturated carbocycles. The third kappa shape index (κ3) is 5.54. The molecule has 3 rings (SSSR count). The molecule has 2 amide bonds. The molecule has 2 aliphatic heterocycles. The molecule has 2 N–H and O–H groups in total. The Morgan fingerprint density at radius 1 is 1.17 bits per heavy atom. The van der Waals surface area contributed by atoms with E-state index in [2.05, 4.69) is 50.2 Å². The van der Waals surface area contributed by atoms with Crippen molar-refractivity contribution in [3.05, 3.63) is 24.3 Å². The van der Waals surface area contributed by atoms with E-state index in [4.69, 9.17) is 0 Å². The van der Waals surface area contributed by atoms with Crippen LogP contribution in [0.4, 0.5) is 5.69 Å². The first kappa shape index (κ1) is 22.2. The molecule has 0 spiro atoms. The van der Waals surface area contributed by atoms with Gasteiger partial charge in [0.15, 0.2) is 0 Å². The largest absolute Gasteiger partial charge is 0.340 e. The van der Waals surface area contributed by atoms with Crippen LogP contribution in [-0.2, 0) is 9.59 Å². The average Bonchev–Trinajstić information content (AvgIpc) is 2.60. The summed E-state index contributed by atoms with van der Waals surface area (Å²) in [6, 6.07) is 7.99. The maximum Gasteiger partial charge on any atom is 0.238 e. The molecule has 2 heterocycles. The lowest BCUT2D eigenvalue weighted by atomic mass is 9.79. The standard InChI is InChI=1S/C23H35N3O2S/c1-6-7-12-26(16-14-22(2,3)25-23(4,5)15-16)20(27)13-19-21(28)24-17-10-8-9-11-18(17)29-19/h8-11,16,19,25H,6-7,12-15H2,1-5H3,(H,24,28). The van der Waals surface area contributed by atoms with Crippen LogP contribution in [0.2, 0.25) is 0 Å². The lowest BCUT2D eigenvalue weighted by molar-refractivity contribution is -0.136. The van der Waals surface area contributed by atoms with E-state index in [9.17, 15) is 9.59 Å². The molecule has 5 nitrogen and oxygen atoms in total. The van der Waals surface area contributed by atoms with Gasteiger partial charge < -0.3 is 15.5 Å². The number of unbranched alkanes of at least 4 members (excludes halogenated alkanes) is 1. The maximum absolute atomic E-state index is 13.4. The molecule has 1 saturated heterocycles. The first-order valence-electron chi connectivity index (χ1n) is 10.8. The molecule has 1 atom stereocenters. The fourth-order valence-electron chi connectivity index (χ4n) is 4.83. The molecular weight excluding hydrogens is 382 g/mol. The minimum Gasteiger partial charge on any atom is -0.340 e. The number of nitrogens with one attached hydrogen (secondary N) is 2. The molecule has 0 radical (unpaired) electrons. The van der Waals surface area contributed by atoms with Crippen LogP contribution in [0, 0.1) is 0 Å². The predicted octanol–water partition coefficient (Wildman–Crippen LogP) is 4.43. The van der Waals surface area contributed by atoms with Gasteiger partial charge in [-0.15, -0.1) is 11.8 Å². The van der Waals surface area contributed by atoms with Gasteiger partial charge in [0, 0.05) is 35.0 Å². The van der Waals surface area contributed by atoms with Gasteiger partial charge in [0.1, 0.15) is 0 Å². The van der Waals surface area contributed by atoms with Gasteiger partial charge >= 0.3 is 0 Å². The molecule has 1 aromatic carbocycles. The number of anilines is 1. The Bertz CT molecular complexity index is 746. The second kappa shape index (κ2) is 8.68. The second-order valence-electron chi connectivity index (χ2n) is 9.69. The van der Waals surface area contributed by atoms with Crippen LogP contribution in [0.5, 0.6) is 0 Å². The summed E-state index contributed by atoms with van der Waals surface area (Å²) in [4.78, 5) is 29.1. The number of para-hydroxylation sites is 1. The van der Waals surface area contributed by atoms with Crippen molar-refractivity contribution in [3.8, 4) is 0 Å². The van der Waals surface area contributed by atoms with Crippen LogP contribution >= 0.6 is 11.8 Å². The van der Waals surface area contributed by atoms with Crippen molar-refractivity contribution < 1.29 is 9.59 Å². The highest BCUT2D eigenvalue weighted by atomic mass is 32.2. The van der Waals surface area contributed by atoms with E-state index >= 15 is 0 Å². The number of hydrogen-bond donors (Lipinski definition) is 2. The summed E-state index contributed by atoms with van der Waals surface area (Å²) in [5.41, 5.74) is 0.802. The highest BCUT2D eigenvalue weighted by Crippen LogP contribution is 2.38. The topological polar surface area (TPSA) is 61.4 Å². The third-order valence-corrected chi connectivity index (χ3v) is 7.02. The zero-order chi connectivity index (χ0) is 21.2. The summed E-state index contributed by atoms with van der Waals surface area (Å²) >= 11 is 1.51. The monoisotopic (exact) mass is 417 g/mol. The smallest absolute Gasteiger partial charge is 0.238 e. The SMILES string of the molecule is CCCCN(C(=O)CC1Sc2ccccc2NC1=O)C1CC(C)(C)NC(C)(C)C1. The number of carbonyl (C=O) groups excluding carboxylic acids is 2. The molecule has 0 aliphatic carbocycles. The van der Waals surface area contributed by atoms with Crippen LogP contribution in [0.1, 0.15) is 66.7 Å². The van der Waals surface area contributed by atoms with Crippen molar-refractivity contribution in [1.29, 1.82) is 0 Å². The first-order chi connectivity index (χ1) is 13.6. The van der Waals surface area contributed by atoms with Gasteiger partial charge in [0.2, 0.25) is 11.8 Å². The fourth-order valence-corrected chi connectivity index (χ4v) is 5.93. The van der Waals surface area contributed by atoms with Gasteiger partial charge in [-0.3, -0.25) is 9.59 Å². The van der Waals surface area contributed by atoms with E-state index in [1.807, 2.05) is 24.3 Å². The van der Waals surface area contributed by atoms with E-state index in [1.165, 1.54) is 11.8 Å². The molecule has 29 heavy (non-hydrogen) atoms. The number of fused-ring (bicyclic) bond motifs is 1. The van der Waals surface area contributed by atoms with Crippen molar-refractivity contribution in [2.75, 3.05) is 11.9 Å². The zero-order valence-corrected chi connectivity index (χ0v) is 19.2. The van der Waals surface area contributed by atoms with Gasteiger partial charge in [-0.25, -0.2) is 0 Å². The fraction of sp³-hybridized carbons (Fsp3) is 0.652. The summed E-state index contributed by atoms with van der Waals surface area (Å²) < 4.78 is 0. The molecular formula is C23H35N3O2S. The summed E-state index contributed by atoms with van der Waals surface area (Å²) in [6.45, 7) is 11.8. The van der Waals surface area contributed by atoms with Gasteiger partial charge in [-0.2, -0.15) is 0 Å². The predicted molar refractivity (Wildman–Crippen MR) is 120 cm³/mol. The Morgan fingerprint density at radius 2 is 1.83 bits per heavy atom. The van der Waals surface area contributed by atoms with E-state index < -0.39 is 0 Å². The van der Waals surface area contributed by atoms with Crippen LogP contribution in [0.3, 0.4) is 0 Å². The Hall–Kier alpha value is -1.53. The van der Waals surface area contributed by atoms with Crippen molar-refractivity contribution in [1.82, 2.24) is 10.2 Å². The molecule has 0 bridgehead atoms. The minimum absolute atomic E-state index is 0.0208. The Kier molecular flexibility index (Phi) is 6.64. The molecule has 2 aliphatic rings. The molecule has 1 unspecified atom stereocenters. The van der Waals surface area contributed by atoms with E-state index in [-0.39, 0.29) is 40.6 Å². The Morgan fingerprint density at radius 3 is 2.48 bits per heavy atom. The highest BCUT2D eigenvalue weighted by molar-refractivity contribution is 8.01. The first-order valence-corrected chi connectivity index (χ1v) is 11.6. The van der Waals surface area contributed by atoms with E-state index in [0.29, 0.717) is 0 Å². The zero-order valence-electron chi connectivity index (χ0n) is 18.4. The van der Waals surface area contributed by atoms with Gasteiger partial charge in [0.25, 0.3) is 0 Å². The van der Waals surface area contributed by atoms with Crippen molar-refractivity contribution >= 4 is 29.3 Å². The Balaban J connectivity index is 1.75. The number of benzene rings is 1. The normalized spacial score (nSPS) is 23.2. The molecule has 1 aromatic rings. The molecule has 160 valence electrons. The average molecular weight is 418 g/mol. The molecule has 1 fully saturated rings. The summed E-state index contributed by atoms with van der Waals surface area (Å²) in [5.74, 6) is 0.0347. The number of nitrogens with zero attached hydrogens (tertiary/aromatic N) is 1. The summed E-state index contributed by atoms with van der Waals surface area (Å²) in [6.07, 6.45) is 4.15. The number of thioether (sulfide) groups is 1. The number of amides is 2. The van der Waals surface area contributed by atoms with Gasteiger partial charge in [-0.1, -0.05) is 25.5 Å². The number of rotatable bonds is 6. The maximum atomic E-state index is 13.4. The van der Waals surface area contributed by atoms with Crippen molar-refractivity contribution in [3.63, 3.8) is 0 Å². The number of carbonyl (C=O) groups is 2. The van der Waals surface area contributed by atoms with Crippen molar-refractivity contribution in [2.45, 2.75) is 94.0 Å².